The van der Waals surface area contributed by atoms with Crippen LogP contribution in [0.3, 0.4) is 0 Å². The number of piperidine rings is 1. The summed E-state index contributed by atoms with van der Waals surface area (Å²) in [6.07, 6.45) is 3.89. The van der Waals surface area contributed by atoms with Crippen LogP contribution in [-0.4, -0.2) is 51.1 Å². The van der Waals surface area contributed by atoms with Gasteiger partial charge in [-0.1, -0.05) is 6.42 Å². The number of hydrogen-bond donors (Lipinski definition) is 0. The van der Waals surface area contributed by atoms with Crippen LogP contribution in [0.5, 0.6) is 17.2 Å². The SMILES string of the molecule is COc1ccc(-c2sc3cc(OC)ccc3c2C(=O)c2ccc(OCCN3CCCCC3)cc2)cc1.[Br-]. The maximum Gasteiger partial charge on any atom is 0.195 e. The number of ketones is 1. The van der Waals surface area contributed by atoms with Gasteiger partial charge in [0.2, 0.25) is 0 Å². The average molecular weight is 582 g/mol. The van der Waals surface area contributed by atoms with Gasteiger partial charge in [-0.25, -0.2) is 0 Å². The van der Waals surface area contributed by atoms with E-state index in [-0.39, 0.29) is 22.8 Å². The number of carbonyl (C=O) groups excluding carboxylic acids is 1. The van der Waals surface area contributed by atoms with Crippen LogP contribution in [0.15, 0.2) is 66.7 Å². The van der Waals surface area contributed by atoms with E-state index in [0.717, 1.165) is 57.4 Å². The van der Waals surface area contributed by atoms with Gasteiger partial charge in [0.05, 0.1) is 14.2 Å². The van der Waals surface area contributed by atoms with Gasteiger partial charge in [0.1, 0.15) is 23.9 Å². The standard InChI is InChI=1S/C30H31NO4S.BrH/c1-33-23-10-8-22(9-11-23)30-28(26-15-14-25(34-2)20-27(26)36-30)29(32)21-6-12-24(13-7-21)35-19-18-31-16-4-3-5-17-31;/h6-15,20H,3-5,16-19H2,1-2H3;1H/p-1. The van der Waals surface area contributed by atoms with Gasteiger partial charge in [0.15, 0.2) is 5.78 Å². The average Bonchev–Trinajstić information content (AvgIpc) is 3.32. The van der Waals surface area contributed by atoms with Crippen molar-refractivity contribution in [3.8, 4) is 27.7 Å². The fourth-order valence-corrected chi connectivity index (χ4v) is 5.93. The minimum atomic E-state index is -0.00268. The number of carbonyl (C=O) groups is 1. The van der Waals surface area contributed by atoms with Gasteiger partial charge in [-0.15, -0.1) is 11.3 Å². The minimum Gasteiger partial charge on any atom is -1.00 e. The van der Waals surface area contributed by atoms with Gasteiger partial charge in [-0.05, 0) is 98.2 Å². The number of thiophene rings is 1. The Labute approximate surface area is 232 Å². The Morgan fingerprint density at radius 2 is 1.49 bits per heavy atom. The summed E-state index contributed by atoms with van der Waals surface area (Å²) in [6.45, 7) is 3.92. The smallest absolute Gasteiger partial charge is 0.195 e. The summed E-state index contributed by atoms with van der Waals surface area (Å²) in [5, 5.41) is 0.929. The second-order valence-corrected chi connectivity index (χ2v) is 10.1. The fourth-order valence-electron chi connectivity index (χ4n) is 4.70. The Kier molecular flexibility index (Phi) is 9.24. The molecule has 1 fully saturated rings. The summed E-state index contributed by atoms with van der Waals surface area (Å²) in [5.74, 6) is 2.34. The third kappa shape index (κ3) is 6.17. The third-order valence-electron chi connectivity index (χ3n) is 6.72. The lowest BCUT2D eigenvalue weighted by atomic mass is 9.97. The molecule has 194 valence electrons. The molecule has 37 heavy (non-hydrogen) atoms. The molecule has 1 aliphatic rings. The number of hydrogen-bond acceptors (Lipinski definition) is 6. The van der Waals surface area contributed by atoms with Crippen molar-refractivity contribution in [2.45, 2.75) is 19.3 Å². The lowest BCUT2D eigenvalue weighted by molar-refractivity contribution is -0.0000154. The maximum atomic E-state index is 13.8. The van der Waals surface area contributed by atoms with E-state index in [9.17, 15) is 4.79 Å². The van der Waals surface area contributed by atoms with Crippen molar-refractivity contribution in [3.63, 3.8) is 0 Å². The van der Waals surface area contributed by atoms with Crippen LogP contribution in [-0.2, 0) is 0 Å². The van der Waals surface area contributed by atoms with Crippen LogP contribution in [0.2, 0.25) is 0 Å². The largest absolute Gasteiger partial charge is 1.00 e. The zero-order valence-electron chi connectivity index (χ0n) is 21.2. The summed E-state index contributed by atoms with van der Waals surface area (Å²) < 4.78 is 17.7. The second kappa shape index (κ2) is 12.6. The van der Waals surface area contributed by atoms with Crippen LogP contribution >= 0.6 is 11.3 Å². The molecule has 4 aromatic rings. The second-order valence-electron chi connectivity index (χ2n) is 9.00. The Hall–Kier alpha value is -2.87. The molecule has 7 heteroatoms. The van der Waals surface area contributed by atoms with Gasteiger partial charge in [0, 0.05) is 32.6 Å². The van der Waals surface area contributed by atoms with E-state index in [0.29, 0.717) is 17.7 Å². The van der Waals surface area contributed by atoms with E-state index < -0.39 is 0 Å². The summed E-state index contributed by atoms with van der Waals surface area (Å²) in [6, 6.07) is 21.2. The Morgan fingerprint density at radius 1 is 0.838 bits per heavy atom. The van der Waals surface area contributed by atoms with Crippen molar-refractivity contribution in [1.82, 2.24) is 4.90 Å². The molecule has 0 spiro atoms. The first-order valence-corrected chi connectivity index (χ1v) is 13.2. The normalized spacial score (nSPS) is 13.7. The molecule has 1 aromatic heterocycles. The molecule has 0 atom stereocenters. The van der Waals surface area contributed by atoms with Crippen molar-refractivity contribution in [1.29, 1.82) is 0 Å². The molecule has 0 saturated carbocycles. The summed E-state index contributed by atoms with van der Waals surface area (Å²) in [4.78, 5) is 17.2. The van der Waals surface area contributed by atoms with Gasteiger partial charge in [0.25, 0.3) is 0 Å². The van der Waals surface area contributed by atoms with Gasteiger partial charge >= 0.3 is 0 Å². The van der Waals surface area contributed by atoms with E-state index in [1.807, 2.05) is 66.7 Å². The Balaban J connectivity index is 0.00000320. The molecule has 0 N–H and O–H groups in total. The highest BCUT2D eigenvalue weighted by Crippen LogP contribution is 2.41. The van der Waals surface area contributed by atoms with Gasteiger partial charge < -0.3 is 31.2 Å². The van der Waals surface area contributed by atoms with Crippen molar-refractivity contribution >= 4 is 27.2 Å². The molecule has 0 amide bonds. The molecule has 0 unspecified atom stereocenters. The van der Waals surface area contributed by atoms with Crippen LogP contribution in [0.4, 0.5) is 0 Å². The minimum absolute atomic E-state index is 0. The first-order valence-electron chi connectivity index (χ1n) is 12.4. The van der Waals surface area contributed by atoms with Crippen molar-refractivity contribution in [2.24, 2.45) is 0 Å². The zero-order valence-corrected chi connectivity index (χ0v) is 23.6. The van der Waals surface area contributed by atoms with E-state index in [1.54, 1.807) is 25.6 Å². The van der Waals surface area contributed by atoms with E-state index in [4.69, 9.17) is 14.2 Å². The molecule has 5 rings (SSSR count). The first-order chi connectivity index (χ1) is 17.7. The number of likely N-dealkylation sites (tertiary alicyclic amines) is 1. The fraction of sp³-hybridized carbons (Fsp3) is 0.300. The van der Waals surface area contributed by atoms with E-state index in [2.05, 4.69) is 4.90 Å². The number of benzene rings is 3. The number of rotatable bonds is 9. The quantitative estimate of drug-likeness (QED) is 0.283. The molecular weight excluding hydrogens is 550 g/mol. The van der Waals surface area contributed by atoms with E-state index >= 15 is 0 Å². The maximum absolute atomic E-state index is 13.8. The summed E-state index contributed by atoms with van der Waals surface area (Å²) in [5.41, 5.74) is 2.34. The third-order valence-corrected chi connectivity index (χ3v) is 7.92. The molecule has 0 bridgehead atoms. The van der Waals surface area contributed by atoms with Crippen molar-refractivity contribution in [2.75, 3.05) is 40.5 Å². The molecule has 1 aliphatic heterocycles. The monoisotopic (exact) mass is 580 g/mol. The van der Waals surface area contributed by atoms with Crippen molar-refractivity contribution < 1.29 is 36.0 Å². The zero-order chi connectivity index (χ0) is 24.9. The molecule has 0 radical (unpaired) electrons. The van der Waals surface area contributed by atoms with Crippen LogP contribution in [0.25, 0.3) is 20.5 Å². The molecule has 0 aliphatic carbocycles. The van der Waals surface area contributed by atoms with Crippen LogP contribution in [0.1, 0.15) is 35.2 Å². The molecule has 2 heterocycles. The highest BCUT2D eigenvalue weighted by atomic mass is 79.9. The first kappa shape index (κ1) is 27.2. The predicted molar refractivity (Wildman–Crippen MR) is 146 cm³/mol. The van der Waals surface area contributed by atoms with Crippen molar-refractivity contribution in [3.05, 3.63) is 77.9 Å². The highest BCUT2D eigenvalue weighted by molar-refractivity contribution is 7.22. The molecular formula is C30H31BrNO4S-. The molecule has 1 saturated heterocycles. The number of ether oxygens (including phenoxy) is 3. The van der Waals surface area contributed by atoms with Gasteiger partial charge in [-0.3, -0.25) is 9.69 Å². The molecule has 5 nitrogen and oxygen atoms in total. The number of nitrogens with zero attached hydrogens (tertiary/aromatic N) is 1. The lowest BCUT2D eigenvalue weighted by Crippen LogP contribution is -3.00. The topological polar surface area (TPSA) is 48.0 Å². The molecule has 3 aromatic carbocycles. The van der Waals surface area contributed by atoms with Crippen LogP contribution in [0, 0.1) is 0 Å². The summed E-state index contributed by atoms with van der Waals surface area (Å²) >= 11 is 1.60. The number of fused-ring (bicyclic) bond motifs is 1. The number of halogens is 1. The number of methoxy groups -OCH3 is 2. The summed E-state index contributed by atoms with van der Waals surface area (Å²) in [7, 11) is 3.30. The lowest BCUT2D eigenvalue weighted by Gasteiger charge is -2.26. The Bertz CT molecular complexity index is 1330. The van der Waals surface area contributed by atoms with Gasteiger partial charge in [-0.2, -0.15) is 0 Å². The Morgan fingerprint density at radius 3 is 2.16 bits per heavy atom. The predicted octanol–water partition coefficient (Wildman–Crippen LogP) is 3.69. The van der Waals surface area contributed by atoms with E-state index in [1.165, 1.54) is 19.3 Å². The van der Waals surface area contributed by atoms with Crippen LogP contribution < -0.4 is 31.2 Å². The highest BCUT2D eigenvalue weighted by Gasteiger charge is 2.22.